The predicted octanol–water partition coefficient (Wildman–Crippen LogP) is 2.00. The molecule has 60 valence electrons. The lowest BCUT2D eigenvalue weighted by molar-refractivity contribution is 0.902. The summed E-state index contributed by atoms with van der Waals surface area (Å²) in [6.07, 6.45) is 3.90. The molecule has 0 aliphatic heterocycles. The van der Waals surface area contributed by atoms with Crippen molar-refractivity contribution >= 4 is 11.3 Å². The third-order valence-electron chi connectivity index (χ3n) is 2.44. The first-order valence-electron chi connectivity index (χ1n) is 4.13. The summed E-state index contributed by atoms with van der Waals surface area (Å²) < 4.78 is 0. The Labute approximate surface area is 71.2 Å². The Morgan fingerprint density at radius 1 is 1.36 bits per heavy atom. The number of fused-ring (bicyclic) bond motifs is 1. The van der Waals surface area contributed by atoms with Gasteiger partial charge in [0.15, 0.2) is 0 Å². The van der Waals surface area contributed by atoms with Gasteiger partial charge in [-0.3, -0.25) is 0 Å². The standard InChI is InChI=1S/C9H13NS/c1-6-7-3-2-4-8(7)9(5-10)11-6/h2-5,10H2,1H3. The third-order valence-corrected chi connectivity index (χ3v) is 3.65. The van der Waals surface area contributed by atoms with Crippen molar-refractivity contribution in [2.45, 2.75) is 32.7 Å². The van der Waals surface area contributed by atoms with Gasteiger partial charge in [0.2, 0.25) is 0 Å². The molecule has 2 rings (SSSR count). The minimum absolute atomic E-state index is 0.737. The second-order valence-electron chi connectivity index (χ2n) is 3.10. The number of hydrogen-bond acceptors (Lipinski definition) is 2. The minimum Gasteiger partial charge on any atom is -0.326 e. The first-order chi connectivity index (χ1) is 5.33. The molecule has 0 radical (unpaired) electrons. The maximum atomic E-state index is 5.65. The highest BCUT2D eigenvalue weighted by atomic mass is 32.1. The van der Waals surface area contributed by atoms with Crippen LogP contribution in [0.2, 0.25) is 0 Å². The molecule has 0 bridgehead atoms. The highest BCUT2D eigenvalue weighted by molar-refractivity contribution is 7.12. The molecule has 0 saturated carbocycles. The molecular weight excluding hydrogens is 154 g/mol. The number of nitrogens with two attached hydrogens (primary N) is 1. The maximum absolute atomic E-state index is 5.65. The Bertz CT molecular complexity index is 275. The molecule has 0 atom stereocenters. The van der Waals surface area contributed by atoms with Crippen LogP contribution < -0.4 is 5.73 Å². The zero-order chi connectivity index (χ0) is 7.84. The van der Waals surface area contributed by atoms with Gasteiger partial charge in [0.25, 0.3) is 0 Å². The SMILES string of the molecule is Cc1sc(CN)c2c1CCC2. The normalized spacial score (nSPS) is 15.5. The summed E-state index contributed by atoms with van der Waals surface area (Å²) in [5, 5.41) is 0. The van der Waals surface area contributed by atoms with E-state index >= 15 is 0 Å². The number of thiophene rings is 1. The molecule has 2 heteroatoms. The van der Waals surface area contributed by atoms with Crippen LogP contribution >= 0.6 is 11.3 Å². The fraction of sp³-hybridized carbons (Fsp3) is 0.556. The van der Waals surface area contributed by atoms with Crippen LogP contribution in [0.5, 0.6) is 0 Å². The van der Waals surface area contributed by atoms with Crippen molar-refractivity contribution < 1.29 is 0 Å². The average molecular weight is 167 g/mol. The highest BCUT2D eigenvalue weighted by Crippen LogP contribution is 2.34. The van der Waals surface area contributed by atoms with E-state index in [1.807, 2.05) is 11.3 Å². The van der Waals surface area contributed by atoms with E-state index in [1.165, 1.54) is 29.0 Å². The Balaban J connectivity index is 2.52. The first kappa shape index (κ1) is 7.32. The summed E-state index contributed by atoms with van der Waals surface area (Å²) in [6.45, 7) is 2.95. The van der Waals surface area contributed by atoms with Crippen molar-refractivity contribution in [2.24, 2.45) is 5.73 Å². The van der Waals surface area contributed by atoms with Crippen LogP contribution in [0.3, 0.4) is 0 Å². The molecule has 11 heavy (non-hydrogen) atoms. The van der Waals surface area contributed by atoms with Gasteiger partial charge in [-0.1, -0.05) is 0 Å². The van der Waals surface area contributed by atoms with Crippen molar-refractivity contribution in [2.75, 3.05) is 0 Å². The summed E-state index contributed by atoms with van der Waals surface area (Å²) in [6, 6.07) is 0. The summed E-state index contributed by atoms with van der Waals surface area (Å²) in [4.78, 5) is 2.92. The molecule has 0 aromatic carbocycles. The zero-order valence-corrected chi connectivity index (χ0v) is 7.63. The first-order valence-corrected chi connectivity index (χ1v) is 4.94. The quantitative estimate of drug-likeness (QED) is 0.680. The van der Waals surface area contributed by atoms with E-state index in [1.54, 1.807) is 11.1 Å². The van der Waals surface area contributed by atoms with E-state index in [2.05, 4.69) is 6.92 Å². The van der Waals surface area contributed by atoms with Gasteiger partial charge in [-0.05, 0) is 37.3 Å². The van der Waals surface area contributed by atoms with Gasteiger partial charge in [-0.15, -0.1) is 11.3 Å². The molecule has 0 unspecified atom stereocenters. The molecule has 0 fully saturated rings. The average Bonchev–Trinajstić information content (AvgIpc) is 2.54. The number of hydrogen-bond donors (Lipinski definition) is 1. The Morgan fingerprint density at radius 3 is 2.82 bits per heavy atom. The molecule has 1 aliphatic carbocycles. The largest absolute Gasteiger partial charge is 0.326 e. The van der Waals surface area contributed by atoms with E-state index in [0.29, 0.717) is 0 Å². The lowest BCUT2D eigenvalue weighted by Crippen LogP contribution is -1.95. The van der Waals surface area contributed by atoms with Crippen molar-refractivity contribution in [3.63, 3.8) is 0 Å². The Morgan fingerprint density at radius 2 is 2.09 bits per heavy atom. The van der Waals surface area contributed by atoms with E-state index < -0.39 is 0 Å². The van der Waals surface area contributed by atoms with Crippen molar-refractivity contribution in [1.29, 1.82) is 0 Å². The summed E-state index contributed by atoms with van der Waals surface area (Å²) in [7, 11) is 0. The van der Waals surface area contributed by atoms with Gasteiger partial charge < -0.3 is 5.73 Å². The van der Waals surface area contributed by atoms with Gasteiger partial charge in [0.05, 0.1) is 0 Å². The molecule has 2 N–H and O–H groups in total. The Hall–Kier alpha value is -0.340. The van der Waals surface area contributed by atoms with Gasteiger partial charge >= 0.3 is 0 Å². The van der Waals surface area contributed by atoms with Crippen molar-refractivity contribution in [1.82, 2.24) is 0 Å². The predicted molar refractivity (Wildman–Crippen MR) is 49.0 cm³/mol. The van der Waals surface area contributed by atoms with Crippen molar-refractivity contribution in [3.8, 4) is 0 Å². The molecule has 1 aromatic rings. The van der Waals surface area contributed by atoms with E-state index in [0.717, 1.165) is 6.54 Å². The summed E-state index contributed by atoms with van der Waals surface area (Å²) >= 11 is 1.89. The highest BCUT2D eigenvalue weighted by Gasteiger charge is 2.18. The van der Waals surface area contributed by atoms with E-state index in [9.17, 15) is 0 Å². The van der Waals surface area contributed by atoms with Gasteiger partial charge in [-0.25, -0.2) is 0 Å². The molecule has 0 saturated heterocycles. The summed E-state index contributed by atoms with van der Waals surface area (Å²) in [5.41, 5.74) is 8.83. The fourth-order valence-electron chi connectivity index (χ4n) is 1.91. The van der Waals surface area contributed by atoms with Crippen LogP contribution in [-0.4, -0.2) is 0 Å². The Kier molecular flexibility index (Phi) is 1.74. The summed E-state index contributed by atoms with van der Waals surface area (Å²) in [5.74, 6) is 0. The second kappa shape index (κ2) is 2.61. The van der Waals surface area contributed by atoms with E-state index in [-0.39, 0.29) is 0 Å². The zero-order valence-electron chi connectivity index (χ0n) is 6.81. The monoisotopic (exact) mass is 167 g/mol. The van der Waals surface area contributed by atoms with Gasteiger partial charge in [-0.2, -0.15) is 0 Å². The van der Waals surface area contributed by atoms with Gasteiger partial charge in [0.1, 0.15) is 0 Å². The molecule has 1 aliphatic rings. The molecule has 0 spiro atoms. The van der Waals surface area contributed by atoms with Crippen LogP contribution in [0.25, 0.3) is 0 Å². The van der Waals surface area contributed by atoms with Crippen molar-refractivity contribution in [3.05, 3.63) is 20.9 Å². The topological polar surface area (TPSA) is 26.0 Å². The van der Waals surface area contributed by atoms with E-state index in [4.69, 9.17) is 5.73 Å². The molecule has 1 heterocycles. The molecular formula is C9H13NS. The van der Waals surface area contributed by atoms with Crippen LogP contribution in [0.15, 0.2) is 0 Å². The van der Waals surface area contributed by atoms with Crippen LogP contribution in [0.1, 0.15) is 27.3 Å². The number of aryl methyl sites for hydroxylation is 1. The number of rotatable bonds is 1. The van der Waals surface area contributed by atoms with Crippen LogP contribution in [0.4, 0.5) is 0 Å². The van der Waals surface area contributed by atoms with Gasteiger partial charge in [0, 0.05) is 16.3 Å². The lowest BCUT2D eigenvalue weighted by atomic mass is 10.1. The lowest BCUT2D eigenvalue weighted by Gasteiger charge is -1.93. The molecule has 1 nitrogen and oxygen atoms in total. The smallest absolute Gasteiger partial charge is 0.0276 e. The molecule has 0 amide bonds. The molecule has 1 aromatic heterocycles. The fourth-order valence-corrected chi connectivity index (χ4v) is 3.06. The third kappa shape index (κ3) is 1.01. The second-order valence-corrected chi connectivity index (χ2v) is 4.41. The maximum Gasteiger partial charge on any atom is 0.0276 e. The van der Waals surface area contributed by atoms with Crippen LogP contribution in [-0.2, 0) is 19.4 Å². The van der Waals surface area contributed by atoms with Crippen LogP contribution in [0, 0.1) is 6.92 Å². The minimum atomic E-state index is 0.737.